The number of carbonyl (C=O) groups excluding carboxylic acids is 1. The first-order chi connectivity index (χ1) is 16.5. The number of amides is 1. The smallest absolute Gasteiger partial charge is 0.290 e. The van der Waals surface area contributed by atoms with Crippen LogP contribution >= 0.6 is 0 Å². The summed E-state index contributed by atoms with van der Waals surface area (Å²) < 4.78 is 27.1. The number of benzene rings is 2. The van der Waals surface area contributed by atoms with E-state index >= 15 is 0 Å². The Morgan fingerprint density at radius 1 is 1.18 bits per heavy atom. The van der Waals surface area contributed by atoms with Crippen LogP contribution in [0.1, 0.15) is 47.1 Å². The van der Waals surface area contributed by atoms with Gasteiger partial charge in [0.1, 0.15) is 11.6 Å². The summed E-state index contributed by atoms with van der Waals surface area (Å²) in [5.41, 5.74) is 3.40. The summed E-state index contributed by atoms with van der Waals surface area (Å²) in [5, 5.41) is 4.81. The van der Waals surface area contributed by atoms with Crippen LogP contribution in [0.2, 0.25) is 0 Å². The van der Waals surface area contributed by atoms with Crippen molar-refractivity contribution in [2.75, 3.05) is 0 Å². The molecule has 34 heavy (non-hydrogen) atoms. The Morgan fingerprint density at radius 3 is 2.62 bits per heavy atom. The second-order valence-electron chi connectivity index (χ2n) is 8.53. The van der Waals surface area contributed by atoms with Gasteiger partial charge in [0.05, 0.1) is 29.8 Å². The lowest BCUT2D eigenvalue weighted by Crippen LogP contribution is -2.32. The van der Waals surface area contributed by atoms with Crippen molar-refractivity contribution in [3.63, 3.8) is 0 Å². The van der Waals surface area contributed by atoms with Crippen LogP contribution in [0.4, 0.5) is 4.39 Å². The molecule has 0 radical (unpaired) electrons. The molecule has 5 rings (SSSR count). The maximum Gasteiger partial charge on any atom is 0.290 e. The maximum absolute atomic E-state index is 13.6. The van der Waals surface area contributed by atoms with Crippen molar-refractivity contribution in [1.82, 2.24) is 14.7 Å². The number of carbonyl (C=O) groups is 1. The maximum atomic E-state index is 13.6. The van der Waals surface area contributed by atoms with E-state index in [1.54, 1.807) is 28.9 Å². The summed E-state index contributed by atoms with van der Waals surface area (Å²) in [4.78, 5) is 15.1. The van der Waals surface area contributed by atoms with Gasteiger partial charge in [0.15, 0.2) is 5.76 Å². The molecule has 1 aliphatic carbocycles. The van der Waals surface area contributed by atoms with Crippen LogP contribution in [-0.4, -0.2) is 26.6 Å². The van der Waals surface area contributed by atoms with Gasteiger partial charge < -0.3 is 14.1 Å². The van der Waals surface area contributed by atoms with E-state index in [2.05, 4.69) is 0 Å². The van der Waals surface area contributed by atoms with Gasteiger partial charge in [-0.2, -0.15) is 5.10 Å². The predicted octanol–water partition coefficient (Wildman–Crippen LogP) is 6.07. The Labute approximate surface area is 197 Å². The summed E-state index contributed by atoms with van der Waals surface area (Å²) in [7, 11) is 0. The number of aryl methyl sites for hydroxylation is 2. The van der Waals surface area contributed by atoms with Gasteiger partial charge in [0, 0.05) is 6.04 Å². The van der Waals surface area contributed by atoms with Crippen molar-refractivity contribution in [1.29, 1.82) is 0 Å². The van der Waals surface area contributed by atoms with Crippen molar-refractivity contribution in [3.8, 4) is 17.3 Å². The summed E-state index contributed by atoms with van der Waals surface area (Å²) in [6, 6.07) is 17.5. The molecule has 7 heteroatoms. The highest BCUT2D eigenvalue weighted by Crippen LogP contribution is 2.36. The second kappa shape index (κ2) is 9.17. The van der Waals surface area contributed by atoms with E-state index in [4.69, 9.17) is 14.3 Å². The topological polar surface area (TPSA) is 60.5 Å². The monoisotopic (exact) mass is 459 g/mol. The van der Waals surface area contributed by atoms with Crippen LogP contribution in [-0.2, 0) is 13.0 Å². The molecule has 1 aliphatic rings. The SMILES string of the molecule is CCc1nn(-c2ccc(F)cc2)c(Oc2cccc(C)c2)c1CN(C(=O)c1ccco1)C1CC1. The van der Waals surface area contributed by atoms with E-state index in [0.29, 0.717) is 36.0 Å². The second-order valence-corrected chi connectivity index (χ2v) is 8.53. The van der Waals surface area contributed by atoms with Crippen LogP contribution in [0.15, 0.2) is 71.3 Å². The summed E-state index contributed by atoms with van der Waals surface area (Å²) >= 11 is 0. The quantitative estimate of drug-likeness (QED) is 0.321. The molecular weight excluding hydrogens is 433 g/mol. The van der Waals surface area contributed by atoms with Crippen LogP contribution in [0.25, 0.3) is 5.69 Å². The standard InChI is InChI=1S/C27H26FN3O3/c1-3-24-23(17-30(20-13-14-20)26(32)25-8-5-15-33-25)27(34-22-7-4-6-18(2)16-22)31(29-24)21-11-9-19(28)10-12-21/h4-12,15-16,20H,3,13-14,17H2,1-2H3. The molecule has 0 unspecified atom stereocenters. The van der Waals surface area contributed by atoms with E-state index in [-0.39, 0.29) is 17.8 Å². The van der Waals surface area contributed by atoms with Gasteiger partial charge in [-0.05, 0) is 80.3 Å². The highest BCUT2D eigenvalue weighted by atomic mass is 19.1. The molecule has 0 spiro atoms. The van der Waals surface area contributed by atoms with Gasteiger partial charge >= 0.3 is 0 Å². The van der Waals surface area contributed by atoms with Crippen LogP contribution in [0.5, 0.6) is 11.6 Å². The van der Waals surface area contributed by atoms with E-state index in [0.717, 1.165) is 29.7 Å². The number of halogens is 1. The number of ether oxygens (including phenoxy) is 1. The molecule has 0 N–H and O–H groups in total. The Balaban J connectivity index is 1.59. The molecule has 2 aromatic carbocycles. The number of nitrogens with zero attached hydrogens (tertiary/aromatic N) is 3. The molecule has 0 bridgehead atoms. The van der Waals surface area contributed by atoms with Gasteiger partial charge in [-0.1, -0.05) is 19.1 Å². The van der Waals surface area contributed by atoms with Crippen molar-refractivity contribution >= 4 is 5.91 Å². The summed E-state index contributed by atoms with van der Waals surface area (Å²) in [6.45, 7) is 4.36. The molecule has 2 aromatic heterocycles. The fraction of sp³-hybridized carbons (Fsp3) is 0.259. The van der Waals surface area contributed by atoms with Crippen LogP contribution < -0.4 is 4.74 Å². The molecule has 174 valence electrons. The Kier molecular flexibility index (Phi) is 5.92. The Morgan fingerprint density at radius 2 is 1.97 bits per heavy atom. The number of hydrogen-bond acceptors (Lipinski definition) is 4. The third-order valence-corrected chi connectivity index (χ3v) is 5.94. The first-order valence-electron chi connectivity index (χ1n) is 11.5. The molecular formula is C27H26FN3O3. The number of furan rings is 1. The van der Waals surface area contributed by atoms with Gasteiger partial charge in [-0.3, -0.25) is 4.79 Å². The fourth-order valence-corrected chi connectivity index (χ4v) is 4.04. The summed E-state index contributed by atoms with van der Waals surface area (Å²) in [5.74, 6) is 1.04. The lowest BCUT2D eigenvalue weighted by molar-refractivity contribution is 0.0696. The number of aromatic nitrogens is 2. The highest BCUT2D eigenvalue weighted by molar-refractivity contribution is 5.91. The normalized spacial score (nSPS) is 13.1. The zero-order chi connectivity index (χ0) is 23.7. The third kappa shape index (κ3) is 4.46. The van der Waals surface area contributed by atoms with Crippen molar-refractivity contribution in [2.45, 2.75) is 45.7 Å². The van der Waals surface area contributed by atoms with Crippen molar-refractivity contribution in [3.05, 3.63) is 95.3 Å². The lowest BCUT2D eigenvalue weighted by Gasteiger charge is -2.22. The average molecular weight is 460 g/mol. The van der Waals surface area contributed by atoms with Gasteiger partial charge in [-0.25, -0.2) is 9.07 Å². The van der Waals surface area contributed by atoms with Crippen LogP contribution in [0.3, 0.4) is 0 Å². The van der Waals surface area contributed by atoms with Crippen molar-refractivity contribution < 1.29 is 18.3 Å². The van der Waals surface area contributed by atoms with E-state index in [1.165, 1.54) is 18.4 Å². The largest absolute Gasteiger partial charge is 0.459 e. The average Bonchev–Trinajstić information content (AvgIpc) is 3.40. The van der Waals surface area contributed by atoms with Gasteiger partial charge in [-0.15, -0.1) is 0 Å². The van der Waals surface area contributed by atoms with Gasteiger partial charge in [0.25, 0.3) is 5.91 Å². The third-order valence-electron chi connectivity index (χ3n) is 5.94. The first kappa shape index (κ1) is 21.9. The molecule has 0 atom stereocenters. The zero-order valence-electron chi connectivity index (χ0n) is 19.2. The molecule has 1 amide bonds. The Bertz CT molecular complexity index is 1290. The van der Waals surface area contributed by atoms with E-state index in [1.807, 2.05) is 43.0 Å². The van der Waals surface area contributed by atoms with Crippen molar-refractivity contribution in [2.24, 2.45) is 0 Å². The molecule has 6 nitrogen and oxygen atoms in total. The van der Waals surface area contributed by atoms with Gasteiger partial charge in [0.2, 0.25) is 5.88 Å². The minimum Gasteiger partial charge on any atom is -0.459 e. The molecule has 1 fully saturated rings. The zero-order valence-corrected chi connectivity index (χ0v) is 19.2. The Hall–Kier alpha value is -3.87. The highest BCUT2D eigenvalue weighted by Gasteiger charge is 2.36. The number of hydrogen-bond donors (Lipinski definition) is 0. The lowest BCUT2D eigenvalue weighted by atomic mass is 10.1. The summed E-state index contributed by atoms with van der Waals surface area (Å²) in [6.07, 6.45) is 4.07. The molecule has 2 heterocycles. The molecule has 0 saturated heterocycles. The minimum atomic E-state index is -0.322. The van der Waals surface area contributed by atoms with Crippen LogP contribution in [0, 0.1) is 12.7 Å². The molecule has 0 aliphatic heterocycles. The predicted molar refractivity (Wildman–Crippen MR) is 126 cm³/mol. The molecule has 1 saturated carbocycles. The fourth-order valence-electron chi connectivity index (χ4n) is 4.04. The number of rotatable bonds is 8. The van der Waals surface area contributed by atoms with E-state index < -0.39 is 0 Å². The first-order valence-corrected chi connectivity index (χ1v) is 11.5. The minimum absolute atomic E-state index is 0.148. The molecule has 4 aromatic rings. The van der Waals surface area contributed by atoms with E-state index in [9.17, 15) is 9.18 Å².